The number of hydrogen-bond acceptors (Lipinski definition) is 4. The zero-order chi connectivity index (χ0) is 21.4. The number of nitrogens with zero attached hydrogens (tertiary/aromatic N) is 1. The van der Waals surface area contributed by atoms with Crippen molar-refractivity contribution in [3.8, 4) is 16.9 Å². The van der Waals surface area contributed by atoms with E-state index in [-0.39, 0.29) is 5.43 Å². The molecule has 6 heteroatoms. The van der Waals surface area contributed by atoms with Gasteiger partial charge in [-0.25, -0.2) is 0 Å². The van der Waals surface area contributed by atoms with Crippen molar-refractivity contribution in [2.75, 3.05) is 13.3 Å². The van der Waals surface area contributed by atoms with E-state index in [1.54, 1.807) is 18.2 Å². The fraction of sp³-hybridized carbons (Fsp3) is 0.160. The van der Waals surface area contributed by atoms with Crippen LogP contribution in [0.3, 0.4) is 0 Å². The Labute approximate surface area is 189 Å². The van der Waals surface area contributed by atoms with E-state index in [4.69, 9.17) is 32.4 Å². The lowest BCUT2D eigenvalue weighted by molar-refractivity contribution is 0.0968. The Hall–Kier alpha value is -2.79. The zero-order valence-electron chi connectivity index (χ0n) is 16.6. The zero-order valence-corrected chi connectivity index (χ0v) is 18.1. The summed E-state index contributed by atoms with van der Waals surface area (Å²) in [6.45, 7) is 1.91. The van der Waals surface area contributed by atoms with Crippen molar-refractivity contribution >= 4 is 34.2 Å². The first-order chi connectivity index (χ1) is 15.1. The Morgan fingerprint density at radius 1 is 0.968 bits per heavy atom. The third-order valence-corrected chi connectivity index (χ3v) is 6.22. The highest BCUT2D eigenvalue weighted by Crippen LogP contribution is 2.32. The van der Waals surface area contributed by atoms with Crippen LogP contribution in [0, 0.1) is 0 Å². The lowest BCUT2D eigenvalue weighted by Crippen LogP contribution is -2.33. The standard InChI is InChI=1S/C25H19Cl2NO3/c26-18-7-5-16(6-8-18)21-14-30-25-19(24(21)29)9-10-23-20(25)13-28(15-31-23)12-11-17-3-1-2-4-22(17)27/h1-10,14H,11-13,15H2. The largest absolute Gasteiger partial charge is 0.478 e. The molecule has 0 saturated carbocycles. The molecular formula is C25H19Cl2NO3. The Balaban J connectivity index is 1.45. The normalized spacial score (nSPS) is 13.7. The predicted molar refractivity (Wildman–Crippen MR) is 124 cm³/mol. The van der Waals surface area contributed by atoms with Gasteiger partial charge in [0, 0.05) is 23.1 Å². The van der Waals surface area contributed by atoms with Crippen molar-refractivity contribution in [1.82, 2.24) is 4.90 Å². The molecule has 31 heavy (non-hydrogen) atoms. The highest BCUT2D eigenvalue weighted by molar-refractivity contribution is 6.31. The molecule has 1 aromatic heterocycles. The number of fused-ring (bicyclic) bond motifs is 3. The van der Waals surface area contributed by atoms with E-state index in [2.05, 4.69) is 4.90 Å². The topological polar surface area (TPSA) is 42.7 Å². The molecule has 0 aliphatic carbocycles. The fourth-order valence-electron chi connectivity index (χ4n) is 3.91. The maximum absolute atomic E-state index is 13.2. The molecule has 0 radical (unpaired) electrons. The first kappa shape index (κ1) is 20.1. The van der Waals surface area contributed by atoms with Gasteiger partial charge in [-0.05, 0) is 47.9 Å². The van der Waals surface area contributed by atoms with Crippen molar-refractivity contribution in [2.24, 2.45) is 0 Å². The van der Waals surface area contributed by atoms with E-state index in [1.165, 1.54) is 6.26 Å². The van der Waals surface area contributed by atoms with E-state index < -0.39 is 0 Å². The SMILES string of the molecule is O=c1c(-c2ccc(Cl)cc2)coc2c3c(ccc12)OCN(CCc1ccccc1Cl)C3. The Morgan fingerprint density at radius 3 is 2.58 bits per heavy atom. The summed E-state index contributed by atoms with van der Waals surface area (Å²) in [6, 6.07) is 18.6. The van der Waals surface area contributed by atoms with Gasteiger partial charge in [0.2, 0.25) is 5.43 Å². The predicted octanol–water partition coefficient (Wildman–Crippen LogP) is 6.16. The minimum absolute atomic E-state index is 0.0698. The third-order valence-electron chi connectivity index (χ3n) is 5.60. The Bertz CT molecular complexity index is 1310. The highest BCUT2D eigenvalue weighted by atomic mass is 35.5. The molecule has 1 aliphatic heterocycles. The van der Waals surface area contributed by atoms with Gasteiger partial charge in [0.05, 0.1) is 16.5 Å². The molecule has 3 aromatic carbocycles. The van der Waals surface area contributed by atoms with Crippen LogP contribution in [0.25, 0.3) is 22.1 Å². The third kappa shape index (κ3) is 3.94. The fourth-order valence-corrected chi connectivity index (χ4v) is 4.26. The van der Waals surface area contributed by atoms with Gasteiger partial charge in [0.25, 0.3) is 0 Å². The Kier molecular flexibility index (Phi) is 5.45. The smallest absolute Gasteiger partial charge is 0.200 e. The minimum atomic E-state index is -0.0698. The van der Waals surface area contributed by atoms with Gasteiger partial charge in [0.15, 0.2) is 0 Å². The monoisotopic (exact) mass is 451 g/mol. The molecule has 0 bridgehead atoms. The van der Waals surface area contributed by atoms with Gasteiger partial charge in [-0.3, -0.25) is 9.69 Å². The lowest BCUT2D eigenvalue weighted by atomic mass is 10.0. The second-order valence-corrected chi connectivity index (χ2v) is 8.42. The molecule has 0 unspecified atom stereocenters. The number of benzene rings is 3. The molecule has 4 aromatic rings. The van der Waals surface area contributed by atoms with Crippen LogP contribution >= 0.6 is 23.2 Å². The van der Waals surface area contributed by atoms with Crippen LogP contribution in [0.4, 0.5) is 0 Å². The summed E-state index contributed by atoms with van der Waals surface area (Å²) < 4.78 is 11.9. The van der Waals surface area contributed by atoms with E-state index in [9.17, 15) is 4.79 Å². The van der Waals surface area contributed by atoms with Gasteiger partial charge in [-0.2, -0.15) is 0 Å². The van der Waals surface area contributed by atoms with E-state index in [0.29, 0.717) is 34.8 Å². The number of hydrogen-bond donors (Lipinski definition) is 0. The molecule has 0 saturated heterocycles. The summed E-state index contributed by atoms with van der Waals surface area (Å²) in [4.78, 5) is 15.3. The maximum Gasteiger partial charge on any atom is 0.200 e. The molecule has 5 rings (SSSR count). The van der Waals surface area contributed by atoms with Gasteiger partial charge >= 0.3 is 0 Å². The van der Waals surface area contributed by atoms with Crippen LogP contribution < -0.4 is 10.2 Å². The van der Waals surface area contributed by atoms with Crippen LogP contribution in [-0.2, 0) is 13.0 Å². The summed E-state index contributed by atoms with van der Waals surface area (Å²) in [5, 5.41) is 1.94. The quantitative estimate of drug-likeness (QED) is 0.372. The van der Waals surface area contributed by atoms with E-state index in [1.807, 2.05) is 42.5 Å². The first-order valence-corrected chi connectivity index (χ1v) is 10.8. The van der Waals surface area contributed by atoms with E-state index >= 15 is 0 Å². The van der Waals surface area contributed by atoms with Crippen LogP contribution in [0.1, 0.15) is 11.1 Å². The second kappa shape index (κ2) is 8.39. The van der Waals surface area contributed by atoms with Crippen LogP contribution in [-0.4, -0.2) is 18.2 Å². The Morgan fingerprint density at radius 2 is 1.77 bits per heavy atom. The molecule has 2 heterocycles. The van der Waals surface area contributed by atoms with Crippen LogP contribution in [0.15, 0.2) is 76.1 Å². The average molecular weight is 452 g/mol. The molecule has 0 atom stereocenters. The molecule has 0 N–H and O–H groups in total. The minimum Gasteiger partial charge on any atom is -0.478 e. The lowest BCUT2D eigenvalue weighted by Gasteiger charge is -2.29. The molecule has 0 fully saturated rings. The molecule has 156 valence electrons. The van der Waals surface area contributed by atoms with Crippen molar-refractivity contribution < 1.29 is 9.15 Å². The average Bonchev–Trinajstić information content (AvgIpc) is 2.79. The van der Waals surface area contributed by atoms with E-state index in [0.717, 1.165) is 40.4 Å². The summed E-state index contributed by atoms with van der Waals surface area (Å²) >= 11 is 12.3. The molecule has 0 spiro atoms. The number of halogens is 2. The first-order valence-electron chi connectivity index (χ1n) is 10.0. The van der Waals surface area contributed by atoms with Gasteiger partial charge in [0.1, 0.15) is 24.3 Å². The molecule has 1 aliphatic rings. The van der Waals surface area contributed by atoms with Crippen molar-refractivity contribution in [3.63, 3.8) is 0 Å². The summed E-state index contributed by atoms with van der Waals surface area (Å²) in [5.74, 6) is 0.754. The molecule has 4 nitrogen and oxygen atoms in total. The summed E-state index contributed by atoms with van der Waals surface area (Å²) in [6.07, 6.45) is 2.34. The summed E-state index contributed by atoms with van der Waals surface area (Å²) in [5.41, 5.74) is 3.78. The van der Waals surface area contributed by atoms with Crippen molar-refractivity contribution in [2.45, 2.75) is 13.0 Å². The molecular weight excluding hydrogens is 433 g/mol. The number of rotatable bonds is 4. The molecule has 0 amide bonds. The van der Waals surface area contributed by atoms with Gasteiger partial charge in [-0.15, -0.1) is 0 Å². The van der Waals surface area contributed by atoms with Crippen molar-refractivity contribution in [3.05, 3.63) is 98.3 Å². The number of ether oxygens (including phenoxy) is 1. The second-order valence-electron chi connectivity index (χ2n) is 7.57. The van der Waals surface area contributed by atoms with Gasteiger partial charge < -0.3 is 9.15 Å². The summed E-state index contributed by atoms with van der Waals surface area (Å²) in [7, 11) is 0. The van der Waals surface area contributed by atoms with Crippen LogP contribution in [0.5, 0.6) is 5.75 Å². The van der Waals surface area contributed by atoms with Gasteiger partial charge in [-0.1, -0.05) is 53.5 Å². The van der Waals surface area contributed by atoms with Crippen LogP contribution in [0.2, 0.25) is 10.0 Å². The van der Waals surface area contributed by atoms with Crippen molar-refractivity contribution in [1.29, 1.82) is 0 Å². The highest BCUT2D eigenvalue weighted by Gasteiger charge is 2.22. The maximum atomic E-state index is 13.2.